The van der Waals surface area contributed by atoms with Crippen LogP contribution in [0.2, 0.25) is 0 Å². The number of hydrogen-bond donors (Lipinski definition) is 2. The molecule has 33 heavy (non-hydrogen) atoms. The molecule has 3 aromatic rings. The molecule has 1 saturated carbocycles. The van der Waals surface area contributed by atoms with Crippen LogP contribution in [-0.2, 0) is 0 Å². The maximum atomic E-state index is 13.0. The number of anilines is 1. The zero-order valence-corrected chi connectivity index (χ0v) is 18.4. The second-order valence-corrected chi connectivity index (χ2v) is 8.56. The SMILES string of the molecule is CCOc1cc2nn(C3CCC(C)(O)CC3)cc2cc1NC(=O)c1cccc(C(F)F)[n+]1[O-]. The molecule has 1 aliphatic rings. The number of fused-ring (bicyclic) bond motifs is 1. The van der Waals surface area contributed by atoms with Crippen LogP contribution in [0.25, 0.3) is 10.9 Å². The Morgan fingerprint density at radius 1 is 1.39 bits per heavy atom. The number of benzene rings is 1. The minimum atomic E-state index is -3.00. The Bertz CT molecular complexity index is 1170. The molecule has 1 fully saturated rings. The summed E-state index contributed by atoms with van der Waals surface area (Å²) < 4.78 is 33.5. The van der Waals surface area contributed by atoms with Crippen LogP contribution >= 0.6 is 0 Å². The zero-order valence-electron chi connectivity index (χ0n) is 18.4. The summed E-state index contributed by atoms with van der Waals surface area (Å²) >= 11 is 0. The van der Waals surface area contributed by atoms with Crippen molar-refractivity contribution in [2.45, 2.75) is 57.6 Å². The topological polar surface area (TPSA) is 103 Å². The van der Waals surface area contributed by atoms with Crippen LogP contribution in [-0.4, -0.2) is 33.0 Å². The lowest BCUT2D eigenvalue weighted by Gasteiger charge is -2.33. The van der Waals surface area contributed by atoms with Crippen LogP contribution in [0.3, 0.4) is 0 Å². The van der Waals surface area contributed by atoms with Gasteiger partial charge in [0.25, 0.3) is 11.4 Å². The minimum Gasteiger partial charge on any atom is -0.618 e. The number of pyridine rings is 1. The molecule has 4 rings (SSSR count). The highest BCUT2D eigenvalue weighted by molar-refractivity contribution is 6.04. The zero-order chi connectivity index (χ0) is 23.8. The number of nitrogens with one attached hydrogen (secondary N) is 1. The molecule has 2 heterocycles. The molecule has 2 aromatic heterocycles. The Kier molecular flexibility index (Phi) is 6.20. The Labute approximate surface area is 189 Å². The van der Waals surface area contributed by atoms with Gasteiger partial charge < -0.3 is 20.4 Å². The predicted molar refractivity (Wildman–Crippen MR) is 117 cm³/mol. The lowest BCUT2D eigenvalue weighted by molar-refractivity contribution is -0.621. The van der Waals surface area contributed by atoms with Gasteiger partial charge in [0.1, 0.15) is 5.75 Å². The van der Waals surface area contributed by atoms with Gasteiger partial charge in [-0.3, -0.25) is 9.48 Å². The van der Waals surface area contributed by atoms with Crippen molar-refractivity contribution in [2.75, 3.05) is 11.9 Å². The van der Waals surface area contributed by atoms with Crippen molar-refractivity contribution in [2.24, 2.45) is 0 Å². The van der Waals surface area contributed by atoms with E-state index >= 15 is 0 Å². The fraction of sp³-hybridized carbons (Fsp3) is 0.435. The van der Waals surface area contributed by atoms with E-state index in [0.717, 1.165) is 24.3 Å². The standard InChI is InChI=1S/C23H26F2N4O4/c1-3-33-20-12-16-14(13-28(27-16)15-7-9-23(2,31)10-8-15)11-17(20)26-22(30)19-6-4-5-18(21(24)25)29(19)32/h4-6,11-13,15,21,31H,3,7-10H2,1-2H3,(H,26,30). The van der Waals surface area contributed by atoms with Gasteiger partial charge in [0, 0.05) is 29.8 Å². The molecule has 0 saturated heterocycles. The molecule has 0 bridgehead atoms. The van der Waals surface area contributed by atoms with Crippen LogP contribution in [0, 0.1) is 5.21 Å². The van der Waals surface area contributed by atoms with Crippen LogP contribution in [0.1, 0.15) is 68.2 Å². The van der Waals surface area contributed by atoms with Crippen LogP contribution < -0.4 is 14.8 Å². The number of aromatic nitrogens is 3. The largest absolute Gasteiger partial charge is 0.618 e. The Morgan fingerprint density at radius 3 is 2.79 bits per heavy atom. The first-order valence-electron chi connectivity index (χ1n) is 10.9. The molecule has 0 unspecified atom stereocenters. The molecule has 0 radical (unpaired) electrons. The van der Waals surface area contributed by atoms with E-state index in [1.807, 2.05) is 17.8 Å². The van der Waals surface area contributed by atoms with Crippen molar-refractivity contribution in [3.8, 4) is 5.75 Å². The van der Waals surface area contributed by atoms with E-state index < -0.39 is 29.3 Å². The second-order valence-electron chi connectivity index (χ2n) is 8.56. The lowest BCUT2D eigenvalue weighted by atomic mass is 9.84. The van der Waals surface area contributed by atoms with Crippen LogP contribution in [0.15, 0.2) is 36.5 Å². The van der Waals surface area contributed by atoms with E-state index in [2.05, 4.69) is 10.4 Å². The van der Waals surface area contributed by atoms with Gasteiger partial charge in [-0.05, 0) is 51.7 Å². The number of ether oxygens (including phenoxy) is 1. The molecule has 176 valence electrons. The smallest absolute Gasteiger partial charge is 0.322 e. The monoisotopic (exact) mass is 460 g/mol. The van der Waals surface area contributed by atoms with Crippen LogP contribution in [0.5, 0.6) is 5.75 Å². The quantitative estimate of drug-likeness (QED) is 0.425. The molecule has 0 atom stereocenters. The first-order valence-corrected chi connectivity index (χ1v) is 10.9. The van der Waals surface area contributed by atoms with Gasteiger partial charge in [0.2, 0.25) is 0 Å². The third-order valence-corrected chi connectivity index (χ3v) is 6.01. The number of carbonyl (C=O) groups is 1. The summed E-state index contributed by atoms with van der Waals surface area (Å²) in [7, 11) is 0. The summed E-state index contributed by atoms with van der Waals surface area (Å²) in [6, 6.07) is 6.94. The predicted octanol–water partition coefficient (Wildman–Crippen LogP) is 4.12. The van der Waals surface area contributed by atoms with Crippen molar-refractivity contribution in [1.29, 1.82) is 0 Å². The number of carbonyl (C=O) groups excluding carboxylic acids is 1. The molecular weight excluding hydrogens is 434 g/mol. The number of amides is 1. The maximum Gasteiger partial charge on any atom is 0.322 e. The molecule has 8 nitrogen and oxygen atoms in total. The third-order valence-electron chi connectivity index (χ3n) is 6.01. The average Bonchev–Trinajstić information content (AvgIpc) is 3.16. The number of nitrogens with zero attached hydrogens (tertiary/aromatic N) is 3. The molecule has 0 spiro atoms. The summed E-state index contributed by atoms with van der Waals surface area (Å²) in [6.45, 7) is 3.96. The highest BCUT2D eigenvalue weighted by Gasteiger charge is 2.30. The minimum absolute atomic E-state index is 0.0606. The third kappa shape index (κ3) is 4.75. The molecule has 1 aliphatic carbocycles. The van der Waals surface area contributed by atoms with Gasteiger partial charge in [-0.25, -0.2) is 0 Å². The number of rotatable bonds is 6. The number of hydrogen-bond acceptors (Lipinski definition) is 5. The van der Waals surface area contributed by atoms with Gasteiger partial charge in [0.05, 0.1) is 29.5 Å². The van der Waals surface area contributed by atoms with E-state index in [1.165, 1.54) is 12.1 Å². The van der Waals surface area contributed by atoms with Crippen molar-refractivity contribution >= 4 is 22.5 Å². The van der Waals surface area contributed by atoms with E-state index in [0.29, 0.717) is 36.4 Å². The highest BCUT2D eigenvalue weighted by Crippen LogP contribution is 2.36. The maximum absolute atomic E-state index is 13.0. The molecule has 10 heteroatoms. The molecule has 2 N–H and O–H groups in total. The van der Waals surface area contributed by atoms with Gasteiger partial charge >= 0.3 is 12.3 Å². The summed E-state index contributed by atoms with van der Waals surface area (Å²) in [4.78, 5) is 12.7. The van der Waals surface area contributed by atoms with Crippen molar-refractivity contribution < 1.29 is 28.1 Å². The summed E-state index contributed by atoms with van der Waals surface area (Å²) in [6.07, 6.45) is 1.84. The van der Waals surface area contributed by atoms with Gasteiger partial charge in [0.15, 0.2) is 0 Å². The van der Waals surface area contributed by atoms with Gasteiger partial charge in [-0.1, -0.05) is 0 Å². The average molecular weight is 460 g/mol. The first kappa shape index (κ1) is 22.9. The second kappa shape index (κ2) is 8.93. The van der Waals surface area contributed by atoms with Crippen molar-refractivity contribution in [3.05, 3.63) is 53.1 Å². The summed E-state index contributed by atoms with van der Waals surface area (Å²) in [5, 5.41) is 30.4. The molecule has 1 amide bonds. The van der Waals surface area contributed by atoms with Crippen molar-refractivity contribution in [1.82, 2.24) is 9.78 Å². The fourth-order valence-corrected chi connectivity index (χ4v) is 4.15. The molecule has 1 aromatic carbocycles. The number of alkyl halides is 2. The van der Waals surface area contributed by atoms with E-state index in [1.54, 1.807) is 19.1 Å². The summed E-state index contributed by atoms with van der Waals surface area (Å²) in [5.41, 5.74) is -0.908. The highest BCUT2D eigenvalue weighted by atomic mass is 19.3. The number of halogens is 2. The van der Waals surface area contributed by atoms with Crippen molar-refractivity contribution in [3.63, 3.8) is 0 Å². The lowest BCUT2D eigenvalue weighted by Crippen LogP contribution is -2.40. The fourth-order valence-electron chi connectivity index (χ4n) is 4.15. The normalized spacial score (nSPS) is 20.8. The van der Waals surface area contributed by atoms with E-state index in [4.69, 9.17) is 4.74 Å². The van der Waals surface area contributed by atoms with Crippen LogP contribution in [0.4, 0.5) is 14.5 Å². The molecule has 0 aliphatic heterocycles. The summed E-state index contributed by atoms with van der Waals surface area (Å²) in [5.74, 6) is -0.465. The van der Waals surface area contributed by atoms with E-state index in [-0.39, 0.29) is 10.8 Å². The Balaban J connectivity index is 1.64. The van der Waals surface area contributed by atoms with Gasteiger partial charge in [-0.15, -0.1) is 0 Å². The van der Waals surface area contributed by atoms with Gasteiger partial charge in [-0.2, -0.15) is 18.6 Å². The van der Waals surface area contributed by atoms with E-state index in [9.17, 15) is 23.9 Å². The number of aliphatic hydroxyl groups is 1. The first-order chi connectivity index (χ1) is 15.7. The molecular formula is C23H26F2N4O4. The Hall–Kier alpha value is -3.27. The Morgan fingerprint density at radius 2 is 2.12 bits per heavy atom.